The molecule has 0 spiro atoms. The Labute approximate surface area is 194 Å². The Balaban J connectivity index is 1.44. The summed E-state index contributed by atoms with van der Waals surface area (Å²) in [5, 5.41) is 2.83. The van der Waals surface area contributed by atoms with Crippen LogP contribution in [0, 0.1) is 18.7 Å². The Bertz CT molecular complexity index is 1210. The molecule has 4 rings (SSSR count). The molecular weight excluding hydrogens is 441 g/mol. The molecule has 0 unspecified atom stereocenters. The zero-order valence-electron chi connectivity index (χ0n) is 18.8. The lowest BCUT2D eigenvalue weighted by Gasteiger charge is -2.33. The molecule has 2 aliphatic heterocycles. The van der Waals surface area contributed by atoms with Gasteiger partial charge in [0.05, 0.1) is 0 Å². The Morgan fingerprint density at radius 2 is 1.79 bits per heavy atom. The number of nitrogens with one attached hydrogen (secondary N) is 1. The van der Waals surface area contributed by atoms with Crippen molar-refractivity contribution < 1.29 is 17.6 Å². The van der Waals surface area contributed by atoms with Crippen molar-refractivity contribution >= 4 is 26.7 Å². The first-order valence-corrected chi connectivity index (χ1v) is 12.7. The number of hydrogen-bond donors (Lipinski definition) is 1. The van der Waals surface area contributed by atoms with Gasteiger partial charge < -0.3 is 10.2 Å². The van der Waals surface area contributed by atoms with Crippen molar-refractivity contribution in [2.24, 2.45) is 10.3 Å². The average molecular weight is 470 g/mol. The van der Waals surface area contributed by atoms with Crippen LogP contribution < -0.4 is 5.32 Å². The molecule has 174 valence electrons. The van der Waals surface area contributed by atoms with Gasteiger partial charge in [0, 0.05) is 36.7 Å². The lowest BCUT2D eigenvalue weighted by atomic mass is 9.94. The van der Waals surface area contributed by atoms with Crippen molar-refractivity contribution in [3.05, 3.63) is 76.6 Å². The van der Waals surface area contributed by atoms with Gasteiger partial charge in [0.2, 0.25) is 5.91 Å². The molecule has 1 amide bonds. The number of amidine groups is 1. The molecule has 0 radical (unpaired) electrons. The number of rotatable bonds is 5. The largest absolute Gasteiger partial charge is 0.356 e. The van der Waals surface area contributed by atoms with Crippen LogP contribution in [0.2, 0.25) is 0 Å². The van der Waals surface area contributed by atoms with E-state index in [1.807, 2.05) is 43.0 Å². The third-order valence-electron chi connectivity index (χ3n) is 6.25. The van der Waals surface area contributed by atoms with Crippen LogP contribution in [0.1, 0.15) is 42.9 Å². The SMILES string of the molecule is CCC1=C(c2ccc(C)cc2)S(=O)(=O)N=C1N1CCC(C(=O)NCc2ccccc2F)CC1. The number of benzene rings is 2. The van der Waals surface area contributed by atoms with Crippen molar-refractivity contribution in [3.63, 3.8) is 0 Å². The van der Waals surface area contributed by atoms with Gasteiger partial charge in [-0.2, -0.15) is 8.42 Å². The fourth-order valence-corrected chi connectivity index (χ4v) is 5.91. The molecule has 8 heteroatoms. The van der Waals surface area contributed by atoms with Gasteiger partial charge in [0.15, 0.2) is 0 Å². The highest BCUT2D eigenvalue weighted by atomic mass is 32.2. The maximum Gasteiger partial charge on any atom is 0.285 e. The minimum absolute atomic E-state index is 0.106. The molecule has 0 aromatic heterocycles. The summed E-state index contributed by atoms with van der Waals surface area (Å²) in [5.74, 6) is -0.141. The first-order chi connectivity index (χ1) is 15.8. The molecule has 0 bridgehead atoms. The molecule has 1 saturated heterocycles. The van der Waals surface area contributed by atoms with E-state index in [-0.39, 0.29) is 29.1 Å². The van der Waals surface area contributed by atoms with E-state index in [1.165, 1.54) is 6.07 Å². The first-order valence-electron chi connectivity index (χ1n) is 11.2. The maximum atomic E-state index is 13.8. The van der Waals surface area contributed by atoms with Crippen LogP contribution in [0.25, 0.3) is 4.91 Å². The normalized spacial score (nSPS) is 18.4. The van der Waals surface area contributed by atoms with Gasteiger partial charge in [-0.05, 0) is 37.8 Å². The highest BCUT2D eigenvalue weighted by Gasteiger charge is 2.36. The number of piperidine rings is 1. The minimum Gasteiger partial charge on any atom is -0.356 e. The third kappa shape index (κ3) is 4.85. The molecule has 2 heterocycles. The summed E-state index contributed by atoms with van der Waals surface area (Å²) in [5.41, 5.74) is 2.89. The van der Waals surface area contributed by atoms with Crippen molar-refractivity contribution in [1.29, 1.82) is 0 Å². The smallest absolute Gasteiger partial charge is 0.285 e. The van der Waals surface area contributed by atoms with Gasteiger partial charge in [0.25, 0.3) is 10.0 Å². The van der Waals surface area contributed by atoms with E-state index < -0.39 is 10.0 Å². The van der Waals surface area contributed by atoms with E-state index >= 15 is 0 Å². The molecule has 33 heavy (non-hydrogen) atoms. The number of carbonyl (C=O) groups excluding carboxylic acids is 1. The summed E-state index contributed by atoms with van der Waals surface area (Å²) in [4.78, 5) is 14.9. The molecule has 1 N–H and O–H groups in total. The standard InChI is InChI=1S/C25H28FN3O3S/c1-3-21-23(18-10-8-17(2)9-11-18)33(31,32)28-24(21)29-14-12-19(13-15-29)25(30)27-16-20-6-4-5-7-22(20)26/h4-11,19H,3,12-16H2,1-2H3,(H,27,30). The fourth-order valence-electron chi connectivity index (χ4n) is 4.39. The number of aryl methyl sites for hydroxylation is 1. The van der Waals surface area contributed by atoms with Crippen LogP contribution in [0.5, 0.6) is 0 Å². The Morgan fingerprint density at radius 3 is 2.42 bits per heavy atom. The predicted molar refractivity (Wildman–Crippen MR) is 127 cm³/mol. The molecule has 2 aromatic rings. The number of carbonyl (C=O) groups is 1. The predicted octanol–water partition coefficient (Wildman–Crippen LogP) is 4.03. The van der Waals surface area contributed by atoms with Crippen LogP contribution in [-0.2, 0) is 21.4 Å². The van der Waals surface area contributed by atoms with Crippen molar-refractivity contribution in [2.45, 2.75) is 39.7 Å². The number of hydrogen-bond acceptors (Lipinski definition) is 4. The number of halogens is 1. The van der Waals surface area contributed by atoms with Crippen LogP contribution in [0.4, 0.5) is 4.39 Å². The molecule has 2 aromatic carbocycles. The van der Waals surface area contributed by atoms with Gasteiger partial charge in [0.1, 0.15) is 16.6 Å². The Morgan fingerprint density at radius 1 is 1.12 bits per heavy atom. The van der Waals surface area contributed by atoms with Crippen LogP contribution in [-0.4, -0.2) is 38.2 Å². The number of likely N-dealkylation sites (tertiary alicyclic amines) is 1. The first kappa shape index (κ1) is 23.2. The van der Waals surface area contributed by atoms with E-state index in [9.17, 15) is 17.6 Å². The lowest BCUT2D eigenvalue weighted by Crippen LogP contribution is -2.43. The van der Waals surface area contributed by atoms with Crippen LogP contribution in [0.3, 0.4) is 0 Å². The summed E-state index contributed by atoms with van der Waals surface area (Å²) in [6.45, 7) is 5.12. The Hall–Kier alpha value is -3.00. The molecule has 2 aliphatic rings. The fraction of sp³-hybridized carbons (Fsp3) is 0.360. The zero-order chi connectivity index (χ0) is 23.6. The maximum absolute atomic E-state index is 13.8. The number of amides is 1. The highest BCUT2D eigenvalue weighted by molar-refractivity contribution is 8.00. The van der Waals surface area contributed by atoms with Crippen molar-refractivity contribution in [2.75, 3.05) is 13.1 Å². The summed E-state index contributed by atoms with van der Waals surface area (Å²) in [6.07, 6.45) is 1.71. The van der Waals surface area contributed by atoms with Gasteiger partial charge in [-0.1, -0.05) is 55.0 Å². The Kier molecular flexibility index (Phi) is 6.65. The third-order valence-corrected chi connectivity index (χ3v) is 7.66. The number of sulfonamides is 1. The summed E-state index contributed by atoms with van der Waals surface area (Å²) in [6, 6.07) is 13.8. The van der Waals surface area contributed by atoms with Crippen LogP contribution in [0.15, 0.2) is 58.5 Å². The summed E-state index contributed by atoms with van der Waals surface area (Å²) >= 11 is 0. The van der Waals surface area contributed by atoms with Gasteiger partial charge >= 0.3 is 0 Å². The molecule has 1 fully saturated rings. The van der Waals surface area contributed by atoms with Gasteiger partial charge in [-0.25, -0.2) is 4.39 Å². The van der Waals surface area contributed by atoms with E-state index in [4.69, 9.17) is 0 Å². The van der Waals surface area contributed by atoms with E-state index in [2.05, 4.69) is 9.71 Å². The highest BCUT2D eigenvalue weighted by Crippen LogP contribution is 2.36. The second-order valence-electron chi connectivity index (χ2n) is 8.49. The van der Waals surface area contributed by atoms with E-state index in [1.54, 1.807) is 18.2 Å². The van der Waals surface area contributed by atoms with Crippen molar-refractivity contribution in [3.8, 4) is 0 Å². The second-order valence-corrected chi connectivity index (χ2v) is 10.0. The molecule has 0 atom stereocenters. The van der Waals surface area contributed by atoms with Gasteiger partial charge in [-0.15, -0.1) is 4.40 Å². The van der Waals surface area contributed by atoms with Gasteiger partial charge in [-0.3, -0.25) is 4.79 Å². The summed E-state index contributed by atoms with van der Waals surface area (Å²) in [7, 11) is -3.77. The number of nitrogens with zero attached hydrogens (tertiary/aromatic N) is 2. The molecule has 0 aliphatic carbocycles. The molecule has 6 nitrogen and oxygen atoms in total. The average Bonchev–Trinajstić information content (AvgIpc) is 3.09. The molecule has 0 saturated carbocycles. The van der Waals surface area contributed by atoms with E-state index in [0.717, 1.165) is 11.1 Å². The summed E-state index contributed by atoms with van der Waals surface area (Å²) < 4.78 is 43.8. The lowest BCUT2D eigenvalue weighted by molar-refractivity contribution is -0.126. The van der Waals surface area contributed by atoms with E-state index in [0.29, 0.717) is 49.3 Å². The molecular formula is C25H28FN3O3S. The topological polar surface area (TPSA) is 78.8 Å². The minimum atomic E-state index is -3.77. The van der Waals surface area contributed by atoms with Crippen LogP contribution >= 0.6 is 0 Å². The monoisotopic (exact) mass is 469 g/mol. The van der Waals surface area contributed by atoms with Crippen molar-refractivity contribution in [1.82, 2.24) is 10.2 Å². The quantitative estimate of drug-likeness (QED) is 0.717. The zero-order valence-corrected chi connectivity index (χ0v) is 19.7. The second kappa shape index (κ2) is 9.47.